The van der Waals surface area contributed by atoms with Gasteiger partial charge in [0, 0.05) is 10.7 Å². The van der Waals surface area contributed by atoms with Crippen molar-refractivity contribution in [1.29, 1.82) is 0 Å². The quantitative estimate of drug-likeness (QED) is 0.309. The second-order valence-corrected chi connectivity index (χ2v) is 10.0. The minimum atomic E-state index is 0.263. The summed E-state index contributed by atoms with van der Waals surface area (Å²) in [7, 11) is 3.77. The molecular weight excluding hydrogens is 284 g/mol. The summed E-state index contributed by atoms with van der Waals surface area (Å²) >= 11 is 0. The first-order valence-electron chi connectivity index (χ1n) is 7.65. The average molecular weight is 317 g/mol. The molecular formula is C17H32OS2. The van der Waals surface area contributed by atoms with Gasteiger partial charge < -0.3 is 4.74 Å². The second kappa shape index (κ2) is 10.9. The lowest BCUT2D eigenvalue weighted by Gasteiger charge is -2.22. The van der Waals surface area contributed by atoms with Crippen molar-refractivity contribution in [3.8, 4) is 11.8 Å². The van der Waals surface area contributed by atoms with Crippen LogP contribution in [0.3, 0.4) is 0 Å². The van der Waals surface area contributed by atoms with E-state index in [1.54, 1.807) is 0 Å². The number of rotatable bonds is 8. The van der Waals surface area contributed by atoms with Crippen LogP contribution in [0.2, 0.25) is 0 Å². The molecule has 1 unspecified atom stereocenters. The van der Waals surface area contributed by atoms with E-state index >= 15 is 0 Å². The van der Waals surface area contributed by atoms with Crippen LogP contribution in [0.1, 0.15) is 67.7 Å². The lowest BCUT2D eigenvalue weighted by molar-refractivity contribution is 0.135. The highest BCUT2D eigenvalue weighted by Crippen LogP contribution is 2.39. The van der Waals surface area contributed by atoms with E-state index in [2.05, 4.69) is 60.3 Å². The molecule has 118 valence electrons. The Balaban J connectivity index is 4.14. The normalized spacial score (nSPS) is 13.4. The van der Waals surface area contributed by atoms with Gasteiger partial charge in [-0.25, -0.2) is 0 Å². The summed E-state index contributed by atoms with van der Waals surface area (Å²) in [5, 5.41) is 0. The highest BCUT2D eigenvalue weighted by Gasteiger charge is 2.17. The van der Waals surface area contributed by atoms with Crippen LogP contribution in [0, 0.1) is 23.7 Å². The lowest BCUT2D eigenvalue weighted by Crippen LogP contribution is -2.12. The maximum absolute atomic E-state index is 5.94. The average Bonchev–Trinajstić information content (AvgIpc) is 2.28. The zero-order valence-corrected chi connectivity index (χ0v) is 15.9. The van der Waals surface area contributed by atoms with Crippen LogP contribution in [-0.2, 0) is 4.74 Å². The Morgan fingerprint density at radius 1 is 1.05 bits per heavy atom. The summed E-state index contributed by atoms with van der Waals surface area (Å²) < 4.78 is 6.21. The van der Waals surface area contributed by atoms with Crippen molar-refractivity contribution in [2.45, 2.75) is 77.9 Å². The van der Waals surface area contributed by atoms with Gasteiger partial charge in [-0.3, -0.25) is 0 Å². The van der Waals surface area contributed by atoms with E-state index in [4.69, 9.17) is 4.74 Å². The molecule has 0 aromatic heterocycles. The summed E-state index contributed by atoms with van der Waals surface area (Å²) in [6.45, 7) is 16.1. The zero-order valence-electron chi connectivity index (χ0n) is 14.3. The Morgan fingerprint density at radius 3 is 2.20 bits per heavy atom. The molecule has 0 bridgehead atoms. The molecule has 0 saturated heterocycles. The van der Waals surface area contributed by atoms with Gasteiger partial charge in [0.05, 0.1) is 0 Å². The van der Waals surface area contributed by atoms with Crippen LogP contribution >= 0.6 is 21.6 Å². The van der Waals surface area contributed by atoms with Gasteiger partial charge in [0.2, 0.25) is 0 Å². The Hall–Kier alpha value is 0.220. The van der Waals surface area contributed by atoms with Crippen molar-refractivity contribution in [3.63, 3.8) is 0 Å². The first-order valence-corrected chi connectivity index (χ1v) is 9.86. The summed E-state index contributed by atoms with van der Waals surface area (Å²) in [6, 6.07) is 0. The molecule has 0 rings (SSSR count). The van der Waals surface area contributed by atoms with Crippen molar-refractivity contribution in [1.82, 2.24) is 0 Å². The van der Waals surface area contributed by atoms with Crippen LogP contribution in [0.25, 0.3) is 0 Å². The maximum Gasteiger partial charge on any atom is 0.114 e. The smallest absolute Gasteiger partial charge is 0.114 e. The number of ether oxygens (including phenoxy) is 1. The standard InChI is InChI=1S/C17H32OS2/c1-14(2)10-8-12-16(19-20-17(5,6)7)18-13-9-11-15(3)4/h14-16H,8,10,12-13H2,1-7H3. The fourth-order valence-electron chi connectivity index (χ4n) is 1.43. The Labute approximate surface area is 134 Å². The summed E-state index contributed by atoms with van der Waals surface area (Å²) in [5.74, 6) is 7.47. The predicted molar refractivity (Wildman–Crippen MR) is 96.0 cm³/mol. The van der Waals surface area contributed by atoms with E-state index in [0.717, 1.165) is 12.3 Å². The summed E-state index contributed by atoms with van der Waals surface area (Å²) in [4.78, 5) is 0. The minimum absolute atomic E-state index is 0.263. The van der Waals surface area contributed by atoms with Crippen molar-refractivity contribution in [2.75, 3.05) is 6.61 Å². The number of hydrogen-bond donors (Lipinski definition) is 0. The number of hydrogen-bond acceptors (Lipinski definition) is 3. The van der Waals surface area contributed by atoms with Crippen LogP contribution in [0.5, 0.6) is 0 Å². The molecule has 0 N–H and O–H groups in total. The zero-order chi connectivity index (χ0) is 15.6. The topological polar surface area (TPSA) is 9.23 Å². The van der Waals surface area contributed by atoms with E-state index in [0.29, 0.717) is 12.5 Å². The van der Waals surface area contributed by atoms with E-state index in [1.807, 2.05) is 21.6 Å². The largest absolute Gasteiger partial charge is 0.354 e. The molecule has 0 saturated carbocycles. The van der Waals surface area contributed by atoms with Crippen LogP contribution in [0.15, 0.2) is 0 Å². The van der Waals surface area contributed by atoms with Crippen molar-refractivity contribution < 1.29 is 4.74 Å². The van der Waals surface area contributed by atoms with E-state index in [-0.39, 0.29) is 10.2 Å². The Kier molecular flexibility index (Phi) is 11.0. The van der Waals surface area contributed by atoms with Gasteiger partial charge in [0.15, 0.2) is 0 Å². The molecule has 0 spiro atoms. The van der Waals surface area contributed by atoms with E-state index < -0.39 is 0 Å². The molecule has 0 fully saturated rings. The fraction of sp³-hybridized carbons (Fsp3) is 0.882. The van der Waals surface area contributed by atoms with Gasteiger partial charge in [-0.15, -0.1) is 0 Å². The molecule has 0 aromatic carbocycles. The third kappa shape index (κ3) is 14.6. The van der Waals surface area contributed by atoms with Crippen LogP contribution in [-0.4, -0.2) is 16.8 Å². The third-order valence-corrected chi connectivity index (χ3v) is 5.97. The molecule has 1 nitrogen and oxygen atoms in total. The van der Waals surface area contributed by atoms with Crippen molar-refractivity contribution in [2.24, 2.45) is 11.8 Å². The molecule has 0 aliphatic rings. The van der Waals surface area contributed by atoms with Crippen LogP contribution in [0.4, 0.5) is 0 Å². The molecule has 0 aromatic rings. The van der Waals surface area contributed by atoms with Gasteiger partial charge in [-0.1, -0.05) is 88.3 Å². The third-order valence-electron chi connectivity index (χ3n) is 2.36. The van der Waals surface area contributed by atoms with Crippen LogP contribution < -0.4 is 0 Å². The molecule has 0 radical (unpaired) electrons. The fourth-order valence-corrected chi connectivity index (χ4v) is 3.86. The molecule has 0 amide bonds. The van der Waals surface area contributed by atoms with Gasteiger partial charge >= 0.3 is 0 Å². The lowest BCUT2D eigenvalue weighted by atomic mass is 10.1. The monoisotopic (exact) mass is 316 g/mol. The summed E-state index contributed by atoms with van der Waals surface area (Å²) in [6.07, 6.45) is 3.63. The molecule has 0 aliphatic heterocycles. The highest BCUT2D eigenvalue weighted by molar-refractivity contribution is 8.77. The van der Waals surface area contributed by atoms with Gasteiger partial charge in [-0.2, -0.15) is 0 Å². The maximum atomic E-state index is 5.94. The molecule has 0 heterocycles. The molecule has 3 heteroatoms. The van der Waals surface area contributed by atoms with E-state index in [9.17, 15) is 0 Å². The first kappa shape index (κ1) is 20.2. The molecule has 1 atom stereocenters. The van der Waals surface area contributed by atoms with Crippen molar-refractivity contribution in [3.05, 3.63) is 0 Å². The van der Waals surface area contributed by atoms with Gasteiger partial charge in [0.25, 0.3) is 0 Å². The minimum Gasteiger partial charge on any atom is -0.354 e. The molecule has 20 heavy (non-hydrogen) atoms. The Bertz CT molecular complexity index is 294. The van der Waals surface area contributed by atoms with Gasteiger partial charge in [0.1, 0.15) is 12.0 Å². The first-order chi connectivity index (χ1) is 9.20. The van der Waals surface area contributed by atoms with E-state index in [1.165, 1.54) is 12.8 Å². The van der Waals surface area contributed by atoms with Crippen molar-refractivity contribution >= 4 is 21.6 Å². The van der Waals surface area contributed by atoms with Gasteiger partial charge in [-0.05, 0) is 18.8 Å². The SMILES string of the molecule is CC(C)C#CCOC(CCCC(C)C)SSC(C)(C)C. The highest BCUT2D eigenvalue weighted by atomic mass is 33.1. The predicted octanol–water partition coefficient (Wildman–Crippen LogP) is 5.99. The second-order valence-electron chi connectivity index (χ2n) is 6.83. The summed E-state index contributed by atoms with van der Waals surface area (Å²) in [5.41, 5.74) is 0.263. The molecule has 0 aliphatic carbocycles. The Morgan fingerprint density at radius 2 is 1.70 bits per heavy atom.